The second-order valence-electron chi connectivity index (χ2n) is 4.58. The summed E-state index contributed by atoms with van der Waals surface area (Å²) in [6.45, 7) is 14.7. The summed E-state index contributed by atoms with van der Waals surface area (Å²) in [5.41, 5.74) is 0. The van der Waals surface area contributed by atoms with Crippen molar-refractivity contribution in [3.63, 3.8) is 0 Å². The molecule has 1 N–H and O–H groups in total. The van der Waals surface area contributed by atoms with Gasteiger partial charge in [0.2, 0.25) is 0 Å². The van der Waals surface area contributed by atoms with Gasteiger partial charge in [0.1, 0.15) is 6.61 Å². The molecule has 0 aliphatic rings. The van der Waals surface area contributed by atoms with Crippen LogP contribution in [0.3, 0.4) is 0 Å². The summed E-state index contributed by atoms with van der Waals surface area (Å²) in [7, 11) is 0. The predicted octanol–water partition coefficient (Wildman–Crippen LogP) is 1.90. The predicted molar refractivity (Wildman–Crippen MR) is 82.2 cm³/mol. The van der Waals surface area contributed by atoms with E-state index in [2.05, 4.69) is 19.2 Å². The van der Waals surface area contributed by atoms with Crippen LogP contribution in [-0.2, 0) is 19.0 Å². The van der Waals surface area contributed by atoms with Gasteiger partial charge in [0, 0.05) is 6.54 Å². The maximum absolute atomic E-state index is 10.6. The van der Waals surface area contributed by atoms with Crippen LogP contribution in [0.1, 0.15) is 34.6 Å². The molecule has 0 aromatic heterocycles. The fourth-order valence-electron chi connectivity index (χ4n) is 1.19. The van der Waals surface area contributed by atoms with E-state index in [1.165, 1.54) is 6.92 Å². The second kappa shape index (κ2) is 18.5. The van der Waals surface area contributed by atoms with Gasteiger partial charge in [0.15, 0.2) is 5.78 Å². The number of nitrogens with one attached hydrogen (secondary N) is 1. The Labute approximate surface area is 124 Å². The molecule has 122 valence electrons. The minimum atomic E-state index is 0.0345. The Morgan fingerprint density at radius 1 is 0.950 bits per heavy atom. The number of carbonyl (C=O) groups excluding carboxylic acids is 1. The number of carbonyl (C=O) groups is 1. The van der Waals surface area contributed by atoms with Gasteiger partial charge in [-0.3, -0.25) is 4.79 Å². The summed E-state index contributed by atoms with van der Waals surface area (Å²) < 4.78 is 15.7. The van der Waals surface area contributed by atoms with E-state index in [-0.39, 0.29) is 12.4 Å². The molecule has 0 spiro atoms. The number of hydrogen-bond acceptors (Lipinski definition) is 5. The largest absolute Gasteiger partial charge is 0.378 e. The fourth-order valence-corrected chi connectivity index (χ4v) is 1.19. The topological polar surface area (TPSA) is 56.8 Å². The van der Waals surface area contributed by atoms with E-state index in [4.69, 9.17) is 14.2 Å². The van der Waals surface area contributed by atoms with Gasteiger partial charge in [-0.25, -0.2) is 0 Å². The molecule has 0 amide bonds. The first-order chi connectivity index (χ1) is 9.63. The summed E-state index contributed by atoms with van der Waals surface area (Å²) in [5.74, 6) is 0.704. The average Bonchev–Trinajstić information content (AvgIpc) is 2.41. The molecular weight excluding hydrogens is 258 g/mol. The van der Waals surface area contributed by atoms with Crippen molar-refractivity contribution in [2.45, 2.75) is 34.6 Å². The van der Waals surface area contributed by atoms with Crippen LogP contribution in [0, 0.1) is 5.92 Å². The highest BCUT2D eigenvalue weighted by molar-refractivity contribution is 5.76. The smallest absolute Gasteiger partial charge is 0.155 e. The molecule has 0 bridgehead atoms. The van der Waals surface area contributed by atoms with Crippen molar-refractivity contribution >= 4 is 5.78 Å². The van der Waals surface area contributed by atoms with E-state index in [0.717, 1.165) is 13.1 Å². The molecule has 0 saturated carbocycles. The van der Waals surface area contributed by atoms with Crippen LogP contribution in [-0.4, -0.2) is 58.5 Å². The molecule has 0 rings (SSSR count). The average molecular weight is 291 g/mol. The highest BCUT2D eigenvalue weighted by Crippen LogP contribution is 1.86. The van der Waals surface area contributed by atoms with Gasteiger partial charge in [-0.1, -0.05) is 27.7 Å². The zero-order valence-corrected chi connectivity index (χ0v) is 13.9. The van der Waals surface area contributed by atoms with Crippen LogP contribution in [0.4, 0.5) is 0 Å². The van der Waals surface area contributed by atoms with E-state index >= 15 is 0 Å². The Bertz CT molecular complexity index is 198. The first kappa shape index (κ1) is 21.8. The summed E-state index contributed by atoms with van der Waals surface area (Å²) in [4.78, 5) is 10.6. The van der Waals surface area contributed by atoms with Crippen molar-refractivity contribution in [2.75, 3.05) is 52.7 Å². The van der Waals surface area contributed by atoms with E-state index in [0.29, 0.717) is 39.0 Å². The van der Waals surface area contributed by atoms with Gasteiger partial charge >= 0.3 is 0 Å². The number of Topliss-reactive ketones (excluding diaryl/α,β-unsaturated/α-hetero) is 1. The molecule has 0 saturated heterocycles. The Kier molecular flexibility index (Phi) is 20.2. The van der Waals surface area contributed by atoms with Gasteiger partial charge < -0.3 is 19.5 Å². The summed E-state index contributed by atoms with van der Waals surface area (Å²) in [5, 5.41) is 3.30. The maximum Gasteiger partial charge on any atom is 0.155 e. The van der Waals surface area contributed by atoms with Crippen molar-refractivity contribution < 1.29 is 19.0 Å². The lowest BCUT2D eigenvalue weighted by molar-refractivity contribution is -0.122. The zero-order valence-electron chi connectivity index (χ0n) is 13.9. The summed E-state index contributed by atoms with van der Waals surface area (Å²) >= 11 is 0. The normalized spacial score (nSPS) is 10.3. The molecule has 5 heteroatoms. The minimum Gasteiger partial charge on any atom is -0.378 e. The van der Waals surface area contributed by atoms with E-state index < -0.39 is 0 Å². The fraction of sp³-hybridized carbons (Fsp3) is 0.933. The minimum absolute atomic E-state index is 0.0345. The lowest BCUT2D eigenvalue weighted by atomic mass is 10.2. The zero-order chi connectivity index (χ0) is 15.6. The van der Waals surface area contributed by atoms with Crippen LogP contribution in [0.2, 0.25) is 0 Å². The number of ether oxygens (including phenoxy) is 3. The van der Waals surface area contributed by atoms with Gasteiger partial charge in [-0.2, -0.15) is 0 Å². The number of ketones is 1. The van der Waals surface area contributed by atoms with Crippen molar-refractivity contribution in [1.29, 1.82) is 0 Å². The molecule has 0 aliphatic carbocycles. The van der Waals surface area contributed by atoms with E-state index in [9.17, 15) is 4.79 Å². The van der Waals surface area contributed by atoms with Gasteiger partial charge in [0.05, 0.1) is 33.0 Å². The third kappa shape index (κ3) is 22.7. The van der Waals surface area contributed by atoms with Crippen molar-refractivity contribution in [1.82, 2.24) is 5.32 Å². The molecule has 0 radical (unpaired) electrons. The van der Waals surface area contributed by atoms with Crippen molar-refractivity contribution in [2.24, 2.45) is 5.92 Å². The second-order valence-corrected chi connectivity index (χ2v) is 4.58. The maximum atomic E-state index is 10.6. The summed E-state index contributed by atoms with van der Waals surface area (Å²) in [6, 6.07) is 0. The lowest BCUT2D eigenvalue weighted by Crippen LogP contribution is -2.24. The van der Waals surface area contributed by atoms with Crippen molar-refractivity contribution in [3.05, 3.63) is 0 Å². The molecule has 0 heterocycles. The lowest BCUT2D eigenvalue weighted by Gasteiger charge is -2.08. The number of rotatable bonds is 13. The van der Waals surface area contributed by atoms with Crippen LogP contribution < -0.4 is 5.32 Å². The molecule has 0 aromatic carbocycles. The van der Waals surface area contributed by atoms with Gasteiger partial charge in [-0.15, -0.1) is 0 Å². The Morgan fingerprint density at radius 2 is 1.45 bits per heavy atom. The molecule has 0 fully saturated rings. The van der Waals surface area contributed by atoms with E-state index in [1.54, 1.807) is 0 Å². The first-order valence-electron chi connectivity index (χ1n) is 7.56. The Morgan fingerprint density at radius 3 is 1.95 bits per heavy atom. The molecule has 0 aliphatic heterocycles. The van der Waals surface area contributed by atoms with Gasteiger partial charge in [0.25, 0.3) is 0 Å². The van der Waals surface area contributed by atoms with Crippen LogP contribution in [0.15, 0.2) is 0 Å². The number of hydrogen-bond donors (Lipinski definition) is 1. The third-order valence-corrected chi connectivity index (χ3v) is 2.03. The quantitative estimate of drug-likeness (QED) is 0.525. The van der Waals surface area contributed by atoms with Crippen molar-refractivity contribution in [3.8, 4) is 0 Å². The molecule has 0 aromatic rings. The highest BCUT2D eigenvalue weighted by atomic mass is 16.5. The molecule has 0 unspecified atom stereocenters. The Balaban J connectivity index is 0. The van der Waals surface area contributed by atoms with Crippen LogP contribution in [0.25, 0.3) is 0 Å². The van der Waals surface area contributed by atoms with Gasteiger partial charge in [-0.05, 0) is 19.4 Å². The van der Waals surface area contributed by atoms with Crippen LogP contribution >= 0.6 is 0 Å². The monoisotopic (exact) mass is 291 g/mol. The Hall–Kier alpha value is -0.490. The SMILES string of the molecule is CC.CC(=O)COCCOCCOCCNCC(C)C. The molecule has 0 atom stereocenters. The molecular formula is C15H33NO4. The highest BCUT2D eigenvalue weighted by Gasteiger charge is 1.95. The third-order valence-electron chi connectivity index (χ3n) is 2.03. The molecule has 20 heavy (non-hydrogen) atoms. The van der Waals surface area contributed by atoms with E-state index in [1.807, 2.05) is 13.8 Å². The first-order valence-corrected chi connectivity index (χ1v) is 7.56. The standard InChI is InChI=1S/C13H27NO4.C2H6/c1-12(2)10-14-4-5-16-6-7-17-8-9-18-11-13(3)15;1-2/h12,14H,4-11H2,1-3H3;1-2H3. The van der Waals surface area contributed by atoms with Crippen LogP contribution in [0.5, 0.6) is 0 Å². The molecule has 5 nitrogen and oxygen atoms in total. The summed E-state index contributed by atoms with van der Waals surface area (Å²) in [6.07, 6.45) is 0.